The maximum Gasteiger partial charge on any atom is 0.306 e. The van der Waals surface area contributed by atoms with Crippen LogP contribution in [0, 0.1) is 22.7 Å². The zero-order chi connectivity index (χ0) is 19.2. The van der Waals surface area contributed by atoms with Gasteiger partial charge in [0.2, 0.25) is 0 Å². The highest BCUT2D eigenvalue weighted by Crippen LogP contribution is 2.67. The van der Waals surface area contributed by atoms with Gasteiger partial charge in [-0.05, 0) is 49.7 Å². The molecule has 6 rings (SSSR count). The van der Waals surface area contributed by atoms with Crippen LogP contribution in [0.15, 0.2) is 35.5 Å². The molecule has 3 unspecified atom stereocenters. The van der Waals surface area contributed by atoms with Gasteiger partial charge in [0.1, 0.15) is 5.60 Å². The van der Waals surface area contributed by atoms with E-state index < -0.39 is 5.79 Å². The van der Waals surface area contributed by atoms with Gasteiger partial charge in [-0.25, -0.2) is 0 Å². The van der Waals surface area contributed by atoms with Crippen LogP contribution < -0.4 is 0 Å². The summed E-state index contributed by atoms with van der Waals surface area (Å²) >= 11 is 0. The van der Waals surface area contributed by atoms with Crippen LogP contribution in [0.4, 0.5) is 0 Å². The second kappa shape index (κ2) is 5.40. The summed E-state index contributed by atoms with van der Waals surface area (Å²) in [6.07, 6.45) is 16.2. The van der Waals surface area contributed by atoms with E-state index in [-0.39, 0.29) is 22.4 Å². The fourth-order valence-corrected chi connectivity index (χ4v) is 7.44. The number of carbonyl (C=O) groups excluding carboxylic acids is 1. The minimum Gasteiger partial charge on any atom is -0.458 e. The monoisotopic (exact) mass is 382 g/mol. The summed E-state index contributed by atoms with van der Waals surface area (Å²) in [5.74, 6) is 0.523. The Morgan fingerprint density at radius 3 is 2.64 bits per heavy atom. The molecule has 5 atom stereocenters. The first kappa shape index (κ1) is 17.5. The molecule has 0 aromatic rings. The molecule has 2 aliphatic heterocycles. The molecule has 0 aromatic heterocycles. The van der Waals surface area contributed by atoms with E-state index in [0.717, 1.165) is 38.5 Å². The first-order chi connectivity index (χ1) is 13.4. The third-order valence-electron chi connectivity index (χ3n) is 9.18. The maximum atomic E-state index is 12.0. The highest BCUT2D eigenvalue weighted by Gasteiger charge is 2.65. The predicted molar refractivity (Wildman–Crippen MR) is 104 cm³/mol. The number of hydrogen-bond donors (Lipinski definition) is 0. The van der Waals surface area contributed by atoms with Gasteiger partial charge in [-0.15, -0.1) is 0 Å². The zero-order valence-corrected chi connectivity index (χ0v) is 17.0. The van der Waals surface area contributed by atoms with Gasteiger partial charge in [-0.1, -0.05) is 37.6 Å². The highest BCUT2D eigenvalue weighted by molar-refractivity contribution is 5.72. The van der Waals surface area contributed by atoms with Gasteiger partial charge >= 0.3 is 5.97 Å². The minimum absolute atomic E-state index is 0.00200. The van der Waals surface area contributed by atoms with E-state index in [9.17, 15) is 4.79 Å². The molecule has 0 aromatic carbocycles. The van der Waals surface area contributed by atoms with E-state index in [1.807, 2.05) is 0 Å². The second-order valence-corrected chi connectivity index (χ2v) is 10.2. The molecule has 4 nitrogen and oxygen atoms in total. The fourth-order valence-electron chi connectivity index (χ4n) is 7.44. The molecule has 0 bridgehead atoms. The summed E-state index contributed by atoms with van der Waals surface area (Å²) < 4.78 is 18.0. The largest absolute Gasteiger partial charge is 0.458 e. The van der Waals surface area contributed by atoms with Crippen molar-refractivity contribution in [3.63, 3.8) is 0 Å². The molecule has 3 fully saturated rings. The van der Waals surface area contributed by atoms with Gasteiger partial charge in [0.25, 0.3) is 0 Å². The van der Waals surface area contributed by atoms with Crippen LogP contribution in [0.3, 0.4) is 0 Å². The lowest BCUT2D eigenvalue weighted by molar-refractivity contribution is -0.159. The highest BCUT2D eigenvalue weighted by atomic mass is 16.7. The Labute approximate surface area is 167 Å². The Morgan fingerprint density at radius 1 is 1.07 bits per heavy atom. The van der Waals surface area contributed by atoms with Gasteiger partial charge < -0.3 is 14.2 Å². The van der Waals surface area contributed by atoms with Crippen molar-refractivity contribution in [2.75, 3.05) is 13.2 Å². The first-order valence-corrected chi connectivity index (χ1v) is 11.0. The normalized spacial score (nSPS) is 48.1. The number of esters is 1. The zero-order valence-electron chi connectivity index (χ0n) is 17.0. The molecular weight excluding hydrogens is 352 g/mol. The smallest absolute Gasteiger partial charge is 0.306 e. The van der Waals surface area contributed by atoms with Crippen LogP contribution >= 0.6 is 0 Å². The van der Waals surface area contributed by atoms with Crippen molar-refractivity contribution in [1.29, 1.82) is 0 Å². The maximum absolute atomic E-state index is 12.0. The van der Waals surface area contributed by atoms with Gasteiger partial charge in [0.15, 0.2) is 5.79 Å². The lowest BCUT2D eigenvalue weighted by Crippen LogP contribution is -2.50. The van der Waals surface area contributed by atoms with E-state index in [0.29, 0.717) is 31.5 Å². The summed E-state index contributed by atoms with van der Waals surface area (Å²) in [5, 5.41) is 0. The Hall–Kier alpha value is -1.39. The van der Waals surface area contributed by atoms with Crippen molar-refractivity contribution < 1.29 is 19.0 Å². The third kappa shape index (κ3) is 2.01. The molecule has 28 heavy (non-hydrogen) atoms. The number of allylic oxidation sites excluding steroid dienone is 5. The van der Waals surface area contributed by atoms with Gasteiger partial charge in [0.05, 0.1) is 13.2 Å². The van der Waals surface area contributed by atoms with Crippen molar-refractivity contribution in [3.8, 4) is 0 Å². The summed E-state index contributed by atoms with van der Waals surface area (Å²) in [6.45, 7) is 6.17. The molecule has 4 heteroatoms. The van der Waals surface area contributed by atoms with Gasteiger partial charge in [-0.2, -0.15) is 0 Å². The molecule has 1 saturated carbocycles. The van der Waals surface area contributed by atoms with E-state index >= 15 is 0 Å². The molecule has 0 amide bonds. The molecule has 0 N–H and O–H groups in total. The summed E-state index contributed by atoms with van der Waals surface area (Å²) in [7, 11) is 0. The van der Waals surface area contributed by atoms with E-state index in [2.05, 4.69) is 38.2 Å². The Morgan fingerprint density at radius 2 is 1.89 bits per heavy atom. The van der Waals surface area contributed by atoms with Crippen molar-refractivity contribution in [1.82, 2.24) is 0 Å². The lowest BCUT2D eigenvalue weighted by Gasteiger charge is -2.53. The standard InChI is InChI=1S/C24H30O4/c1-21-11-12-24(26-13-14-27-24)15-16(21)3-4-17-18(21)5-8-22(2)19(17)6-9-23(22)10-7-20(25)28-23/h3-5,15,17,19H,6-14H2,1-2H3/t17?,19?,21-,22-,23?/m0/s1. The van der Waals surface area contributed by atoms with E-state index in [1.54, 1.807) is 5.57 Å². The minimum atomic E-state index is -0.495. The molecule has 150 valence electrons. The van der Waals surface area contributed by atoms with Crippen LogP contribution in [0.25, 0.3) is 0 Å². The summed E-state index contributed by atoms with van der Waals surface area (Å²) in [4.78, 5) is 12.0. The molecule has 2 heterocycles. The van der Waals surface area contributed by atoms with Gasteiger partial charge in [-0.3, -0.25) is 4.79 Å². The first-order valence-electron chi connectivity index (χ1n) is 11.0. The quantitative estimate of drug-likeness (QED) is 0.458. The molecule has 2 saturated heterocycles. The summed E-state index contributed by atoms with van der Waals surface area (Å²) in [5.41, 5.74) is 2.83. The number of ether oxygens (including phenoxy) is 3. The molecule has 6 aliphatic rings. The van der Waals surface area contributed by atoms with Crippen molar-refractivity contribution >= 4 is 5.97 Å². The average molecular weight is 383 g/mol. The Balaban J connectivity index is 1.39. The second-order valence-electron chi connectivity index (χ2n) is 10.2. The number of hydrogen-bond acceptors (Lipinski definition) is 4. The SMILES string of the molecule is C[C@]12CCC3(C=C1C=CC1C2=CC[C@@]2(C)C1CCC21CCC(=O)O1)OCCO3. The average Bonchev–Trinajstić information content (AvgIpc) is 3.36. The molecule has 0 radical (unpaired) electrons. The molecule has 2 spiro atoms. The van der Waals surface area contributed by atoms with Crippen LogP contribution in [-0.4, -0.2) is 30.6 Å². The van der Waals surface area contributed by atoms with Crippen LogP contribution in [0.1, 0.15) is 58.8 Å². The van der Waals surface area contributed by atoms with Gasteiger partial charge in [0, 0.05) is 29.6 Å². The predicted octanol–water partition coefficient (Wildman–Crippen LogP) is 4.46. The summed E-state index contributed by atoms with van der Waals surface area (Å²) in [6, 6.07) is 0. The van der Waals surface area contributed by atoms with Crippen LogP contribution in [-0.2, 0) is 19.0 Å². The number of carbonyl (C=O) groups is 1. The van der Waals surface area contributed by atoms with Crippen molar-refractivity contribution in [2.45, 2.75) is 70.2 Å². The van der Waals surface area contributed by atoms with Crippen LogP contribution in [0.2, 0.25) is 0 Å². The fraction of sp³-hybridized carbons (Fsp3) is 0.708. The topological polar surface area (TPSA) is 44.8 Å². The molecule has 4 aliphatic carbocycles. The van der Waals surface area contributed by atoms with Crippen molar-refractivity contribution in [2.24, 2.45) is 22.7 Å². The van der Waals surface area contributed by atoms with E-state index in [4.69, 9.17) is 14.2 Å². The number of fused-ring (bicyclic) bond motifs is 6. The van der Waals surface area contributed by atoms with Crippen molar-refractivity contribution in [3.05, 3.63) is 35.5 Å². The Bertz CT molecular complexity index is 832. The van der Waals surface area contributed by atoms with E-state index in [1.165, 1.54) is 5.57 Å². The molecular formula is C24H30O4. The van der Waals surface area contributed by atoms with Crippen LogP contribution in [0.5, 0.6) is 0 Å². The third-order valence-corrected chi connectivity index (χ3v) is 9.18. The Kier molecular flexibility index (Phi) is 3.37. The lowest BCUT2D eigenvalue weighted by atomic mass is 9.52. The number of rotatable bonds is 0.